The molecule has 0 saturated carbocycles. The molecule has 14 heavy (non-hydrogen) atoms. The molecule has 0 spiro atoms. The second kappa shape index (κ2) is 3.10. The minimum atomic E-state index is 0.592. The minimum absolute atomic E-state index is 0.592. The summed E-state index contributed by atoms with van der Waals surface area (Å²) >= 11 is 0. The van der Waals surface area contributed by atoms with Crippen molar-refractivity contribution in [2.45, 2.75) is 13.8 Å². The van der Waals surface area contributed by atoms with E-state index in [4.69, 9.17) is 5.73 Å². The molecule has 0 aliphatic carbocycles. The van der Waals surface area contributed by atoms with Gasteiger partial charge in [0, 0.05) is 11.3 Å². The number of nitrogens with zero attached hydrogens (tertiary/aromatic N) is 3. The Morgan fingerprint density at radius 2 is 1.93 bits per heavy atom. The van der Waals surface area contributed by atoms with Gasteiger partial charge in [-0.2, -0.15) is 10.2 Å². The Bertz CT molecular complexity index is 460. The molecule has 3 N–H and O–H groups in total. The van der Waals surface area contributed by atoms with E-state index in [0.717, 1.165) is 22.8 Å². The molecule has 0 aliphatic heterocycles. The molecule has 0 radical (unpaired) electrons. The van der Waals surface area contributed by atoms with Gasteiger partial charge in [0.05, 0.1) is 23.8 Å². The first kappa shape index (κ1) is 8.68. The predicted octanol–water partition coefficient (Wildman–Crippen LogP) is 1.07. The van der Waals surface area contributed by atoms with Gasteiger partial charge in [0.15, 0.2) is 0 Å². The molecule has 5 heteroatoms. The Labute approximate surface area is 81.4 Å². The van der Waals surface area contributed by atoms with Crippen molar-refractivity contribution in [3.8, 4) is 11.3 Å². The summed E-state index contributed by atoms with van der Waals surface area (Å²) in [5.74, 6) is 0.869. The average Bonchev–Trinajstić information content (AvgIpc) is 2.46. The van der Waals surface area contributed by atoms with Gasteiger partial charge in [-0.15, -0.1) is 0 Å². The molecule has 0 aromatic carbocycles. The summed E-state index contributed by atoms with van der Waals surface area (Å²) in [7, 11) is 0. The van der Waals surface area contributed by atoms with E-state index in [1.807, 2.05) is 13.8 Å². The van der Waals surface area contributed by atoms with E-state index in [1.165, 1.54) is 6.20 Å². The molecule has 0 bridgehead atoms. The van der Waals surface area contributed by atoms with Crippen LogP contribution in [0.5, 0.6) is 0 Å². The third kappa shape index (κ3) is 1.32. The molecule has 2 heterocycles. The Kier molecular flexibility index (Phi) is 1.92. The first-order valence-electron chi connectivity index (χ1n) is 4.28. The second-order valence-electron chi connectivity index (χ2n) is 3.15. The maximum atomic E-state index is 5.77. The summed E-state index contributed by atoms with van der Waals surface area (Å²) in [4.78, 5) is 7.46. The highest BCUT2D eigenvalue weighted by Gasteiger charge is 2.09. The van der Waals surface area contributed by atoms with Gasteiger partial charge in [-0.1, -0.05) is 0 Å². The third-order valence-electron chi connectivity index (χ3n) is 2.02. The Hall–Kier alpha value is -1.91. The van der Waals surface area contributed by atoms with E-state index in [-0.39, 0.29) is 0 Å². The summed E-state index contributed by atoms with van der Waals surface area (Å²) in [6, 6.07) is 0. The number of aryl methyl sites for hydroxylation is 2. The van der Waals surface area contributed by atoms with E-state index in [9.17, 15) is 0 Å². The minimum Gasteiger partial charge on any atom is -0.397 e. The van der Waals surface area contributed by atoms with Crippen LogP contribution in [-0.4, -0.2) is 20.2 Å². The number of aromatic amines is 1. The van der Waals surface area contributed by atoms with E-state index in [2.05, 4.69) is 20.2 Å². The molecule has 0 amide bonds. The lowest BCUT2D eigenvalue weighted by molar-refractivity contribution is 1.03. The number of nitrogens with two attached hydrogens (primary N) is 1. The SMILES string of the molecule is Cc1nc(-c2cnncc2N)c(C)[nH]1. The van der Waals surface area contributed by atoms with Crippen LogP contribution >= 0.6 is 0 Å². The fourth-order valence-electron chi connectivity index (χ4n) is 1.40. The standard InChI is InChI=1S/C9H11N5/c1-5-9(14-6(2)13-5)7-3-11-12-4-8(7)10/h3-4H,1-2H3,(H2,10,11)(H,13,14). The Morgan fingerprint density at radius 3 is 2.50 bits per heavy atom. The maximum absolute atomic E-state index is 5.77. The number of aromatic nitrogens is 4. The van der Waals surface area contributed by atoms with E-state index >= 15 is 0 Å². The van der Waals surface area contributed by atoms with Crippen molar-refractivity contribution >= 4 is 5.69 Å². The molecule has 2 aromatic heterocycles. The molecular weight excluding hydrogens is 178 g/mol. The van der Waals surface area contributed by atoms with Crippen molar-refractivity contribution in [2.24, 2.45) is 0 Å². The van der Waals surface area contributed by atoms with Crippen LogP contribution in [0, 0.1) is 13.8 Å². The molecule has 0 aliphatic rings. The summed E-state index contributed by atoms with van der Waals surface area (Å²) in [5, 5.41) is 7.48. The number of H-pyrrole nitrogens is 1. The van der Waals surface area contributed by atoms with Crippen LogP contribution in [0.2, 0.25) is 0 Å². The average molecular weight is 189 g/mol. The van der Waals surface area contributed by atoms with Crippen molar-refractivity contribution in [3.05, 3.63) is 23.9 Å². The normalized spacial score (nSPS) is 10.4. The highest BCUT2D eigenvalue weighted by atomic mass is 15.1. The molecule has 2 aromatic rings. The van der Waals surface area contributed by atoms with Gasteiger partial charge in [0.1, 0.15) is 5.82 Å². The molecule has 0 atom stereocenters. The first-order valence-corrected chi connectivity index (χ1v) is 4.28. The van der Waals surface area contributed by atoms with Crippen LogP contribution in [0.15, 0.2) is 12.4 Å². The van der Waals surface area contributed by atoms with E-state index in [0.29, 0.717) is 5.69 Å². The summed E-state index contributed by atoms with van der Waals surface area (Å²) in [6.45, 7) is 3.86. The summed E-state index contributed by atoms with van der Waals surface area (Å²) in [5.41, 5.74) is 9.02. The lowest BCUT2D eigenvalue weighted by Crippen LogP contribution is -1.94. The first-order chi connectivity index (χ1) is 6.68. The van der Waals surface area contributed by atoms with Gasteiger partial charge in [-0.25, -0.2) is 4.98 Å². The number of nitrogens with one attached hydrogen (secondary N) is 1. The molecule has 0 fully saturated rings. The van der Waals surface area contributed by atoms with Crippen LogP contribution in [-0.2, 0) is 0 Å². The quantitative estimate of drug-likeness (QED) is 0.703. The zero-order chi connectivity index (χ0) is 10.1. The van der Waals surface area contributed by atoms with Crippen LogP contribution in [0.4, 0.5) is 5.69 Å². The monoisotopic (exact) mass is 189 g/mol. The van der Waals surface area contributed by atoms with Crippen LogP contribution in [0.1, 0.15) is 11.5 Å². The van der Waals surface area contributed by atoms with Crippen molar-refractivity contribution < 1.29 is 0 Å². The predicted molar refractivity (Wildman–Crippen MR) is 53.5 cm³/mol. The van der Waals surface area contributed by atoms with Gasteiger partial charge in [0.25, 0.3) is 0 Å². The molecule has 0 saturated heterocycles. The Morgan fingerprint density at radius 1 is 1.21 bits per heavy atom. The van der Waals surface area contributed by atoms with E-state index in [1.54, 1.807) is 6.20 Å². The van der Waals surface area contributed by atoms with Gasteiger partial charge in [0.2, 0.25) is 0 Å². The van der Waals surface area contributed by atoms with Gasteiger partial charge >= 0.3 is 0 Å². The zero-order valence-corrected chi connectivity index (χ0v) is 8.07. The van der Waals surface area contributed by atoms with Crippen LogP contribution < -0.4 is 5.73 Å². The second-order valence-corrected chi connectivity index (χ2v) is 3.15. The largest absolute Gasteiger partial charge is 0.397 e. The summed E-state index contributed by atoms with van der Waals surface area (Å²) in [6.07, 6.45) is 3.15. The highest BCUT2D eigenvalue weighted by molar-refractivity contribution is 5.73. The molecular formula is C9H11N5. The fraction of sp³-hybridized carbons (Fsp3) is 0.222. The van der Waals surface area contributed by atoms with Gasteiger partial charge in [-0.05, 0) is 13.8 Å². The van der Waals surface area contributed by atoms with Gasteiger partial charge < -0.3 is 10.7 Å². The number of anilines is 1. The fourth-order valence-corrected chi connectivity index (χ4v) is 1.40. The number of hydrogen-bond donors (Lipinski definition) is 2. The number of nitrogen functional groups attached to an aromatic ring is 1. The van der Waals surface area contributed by atoms with Gasteiger partial charge in [-0.3, -0.25) is 0 Å². The van der Waals surface area contributed by atoms with Crippen molar-refractivity contribution in [1.82, 2.24) is 20.2 Å². The van der Waals surface area contributed by atoms with Crippen molar-refractivity contribution in [3.63, 3.8) is 0 Å². The molecule has 5 nitrogen and oxygen atoms in total. The van der Waals surface area contributed by atoms with Crippen LogP contribution in [0.25, 0.3) is 11.3 Å². The summed E-state index contributed by atoms with van der Waals surface area (Å²) < 4.78 is 0. The maximum Gasteiger partial charge on any atom is 0.103 e. The highest BCUT2D eigenvalue weighted by Crippen LogP contribution is 2.24. The van der Waals surface area contributed by atoms with Crippen molar-refractivity contribution in [2.75, 3.05) is 5.73 Å². The topological polar surface area (TPSA) is 80.5 Å². The number of rotatable bonds is 1. The lowest BCUT2D eigenvalue weighted by Gasteiger charge is -2.00. The zero-order valence-electron chi connectivity index (χ0n) is 8.07. The van der Waals surface area contributed by atoms with E-state index < -0.39 is 0 Å². The number of imidazole rings is 1. The molecule has 72 valence electrons. The molecule has 0 unspecified atom stereocenters. The van der Waals surface area contributed by atoms with Crippen molar-refractivity contribution in [1.29, 1.82) is 0 Å². The lowest BCUT2D eigenvalue weighted by atomic mass is 10.1. The third-order valence-corrected chi connectivity index (χ3v) is 2.02. The Balaban J connectivity index is 2.60. The number of hydrogen-bond acceptors (Lipinski definition) is 4. The van der Waals surface area contributed by atoms with Crippen LogP contribution in [0.3, 0.4) is 0 Å². The molecule has 2 rings (SSSR count). The smallest absolute Gasteiger partial charge is 0.103 e.